The zero-order valence-corrected chi connectivity index (χ0v) is 10.2. The molecule has 3 rings (SSSR count). The standard InChI is InChI=1S/C11H12BrNO3/c12-8-4-11-10(15-6-16-11)3-7(8)9-5-14-2-1-13-9/h3-4,9,13H,1-2,5-6H2/t9-/m1/s1. The van der Waals surface area contributed by atoms with Crippen LogP contribution in [0.25, 0.3) is 0 Å². The van der Waals surface area contributed by atoms with Crippen LogP contribution in [0, 0.1) is 0 Å². The van der Waals surface area contributed by atoms with Gasteiger partial charge < -0.3 is 19.5 Å². The SMILES string of the molecule is Brc1cc2c(cc1[C@H]1COCCN1)OCO2. The van der Waals surface area contributed by atoms with Gasteiger partial charge in [-0.1, -0.05) is 15.9 Å². The van der Waals surface area contributed by atoms with E-state index in [2.05, 4.69) is 21.2 Å². The quantitative estimate of drug-likeness (QED) is 0.855. The Morgan fingerprint density at radius 2 is 2.06 bits per heavy atom. The molecule has 0 aliphatic carbocycles. The molecule has 2 heterocycles. The summed E-state index contributed by atoms with van der Waals surface area (Å²) in [5.41, 5.74) is 1.16. The Balaban J connectivity index is 1.94. The van der Waals surface area contributed by atoms with Crippen molar-refractivity contribution in [3.05, 3.63) is 22.2 Å². The second-order valence-electron chi connectivity index (χ2n) is 3.81. The molecule has 0 unspecified atom stereocenters. The highest BCUT2D eigenvalue weighted by Gasteiger charge is 2.22. The molecule has 0 amide bonds. The number of hydrogen-bond acceptors (Lipinski definition) is 4. The number of halogens is 1. The van der Waals surface area contributed by atoms with Crippen LogP contribution >= 0.6 is 15.9 Å². The van der Waals surface area contributed by atoms with Gasteiger partial charge in [0.25, 0.3) is 0 Å². The molecule has 1 saturated heterocycles. The Labute approximate surface area is 102 Å². The van der Waals surface area contributed by atoms with E-state index in [0.717, 1.165) is 34.7 Å². The average molecular weight is 286 g/mol. The molecule has 16 heavy (non-hydrogen) atoms. The number of fused-ring (bicyclic) bond motifs is 1. The number of nitrogens with one attached hydrogen (secondary N) is 1. The van der Waals surface area contributed by atoms with Gasteiger partial charge in [-0.2, -0.15) is 0 Å². The largest absolute Gasteiger partial charge is 0.454 e. The molecule has 86 valence electrons. The van der Waals surface area contributed by atoms with Crippen LogP contribution in [0.4, 0.5) is 0 Å². The molecule has 0 spiro atoms. The zero-order valence-electron chi connectivity index (χ0n) is 8.66. The maximum absolute atomic E-state index is 5.46. The van der Waals surface area contributed by atoms with Crippen LogP contribution in [-0.2, 0) is 4.74 Å². The van der Waals surface area contributed by atoms with E-state index < -0.39 is 0 Å². The predicted molar refractivity (Wildman–Crippen MR) is 61.8 cm³/mol. The van der Waals surface area contributed by atoms with Crippen LogP contribution in [0.5, 0.6) is 11.5 Å². The van der Waals surface area contributed by atoms with Gasteiger partial charge in [0, 0.05) is 11.0 Å². The fraction of sp³-hybridized carbons (Fsp3) is 0.455. The highest BCUT2D eigenvalue weighted by molar-refractivity contribution is 9.10. The summed E-state index contributed by atoms with van der Waals surface area (Å²) < 4.78 is 17.2. The van der Waals surface area contributed by atoms with Crippen LogP contribution in [0.2, 0.25) is 0 Å². The van der Waals surface area contributed by atoms with Gasteiger partial charge in [0.15, 0.2) is 11.5 Å². The monoisotopic (exact) mass is 285 g/mol. The number of benzene rings is 1. The van der Waals surface area contributed by atoms with Crippen LogP contribution < -0.4 is 14.8 Å². The summed E-state index contributed by atoms with van der Waals surface area (Å²) in [6, 6.07) is 4.19. The smallest absolute Gasteiger partial charge is 0.231 e. The third kappa shape index (κ3) is 1.79. The van der Waals surface area contributed by atoms with E-state index in [4.69, 9.17) is 14.2 Å². The van der Waals surface area contributed by atoms with Gasteiger partial charge >= 0.3 is 0 Å². The summed E-state index contributed by atoms with van der Waals surface area (Å²) >= 11 is 3.55. The van der Waals surface area contributed by atoms with Gasteiger partial charge in [-0.3, -0.25) is 0 Å². The normalized spacial score (nSPS) is 23.4. The highest BCUT2D eigenvalue weighted by atomic mass is 79.9. The van der Waals surface area contributed by atoms with Gasteiger partial charge in [0.05, 0.1) is 19.3 Å². The van der Waals surface area contributed by atoms with Crippen LogP contribution in [-0.4, -0.2) is 26.6 Å². The van der Waals surface area contributed by atoms with E-state index in [-0.39, 0.29) is 6.04 Å². The molecule has 1 atom stereocenters. The summed E-state index contributed by atoms with van der Waals surface area (Å²) in [6.45, 7) is 2.66. The van der Waals surface area contributed by atoms with Crippen molar-refractivity contribution in [1.29, 1.82) is 0 Å². The molecule has 0 aromatic heterocycles. The first-order valence-corrected chi connectivity index (χ1v) is 6.04. The molecule has 5 heteroatoms. The lowest BCUT2D eigenvalue weighted by Gasteiger charge is -2.25. The van der Waals surface area contributed by atoms with Crippen molar-refractivity contribution in [2.75, 3.05) is 26.6 Å². The van der Waals surface area contributed by atoms with E-state index in [9.17, 15) is 0 Å². The Morgan fingerprint density at radius 1 is 1.25 bits per heavy atom. The van der Waals surface area contributed by atoms with E-state index in [1.54, 1.807) is 0 Å². The molecule has 1 aromatic rings. The lowest BCUT2D eigenvalue weighted by Crippen LogP contribution is -2.34. The summed E-state index contributed by atoms with van der Waals surface area (Å²) in [6.07, 6.45) is 0. The molecule has 1 aromatic carbocycles. The maximum Gasteiger partial charge on any atom is 0.231 e. The highest BCUT2D eigenvalue weighted by Crippen LogP contribution is 2.39. The molecule has 2 aliphatic rings. The van der Waals surface area contributed by atoms with Crippen LogP contribution in [0.15, 0.2) is 16.6 Å². The molecule has 1 fully saturated rings. The van der Waals surface area contributed by atoms with Gasteiger partial charge in [0.1, 0.15) is 0 Å². The van der Waals surface area contributed by atoms with Crippen molar-refractivity contribution in [3.8, 4) is 11.5 Å². The zero-order chi connectivity index (χ0) is 11.0. The lowest BCUT2D eigenvalue weighted by atomic mass is 10.1. The van der Waals surface area contributed by atoms with Gasteiger partial charge in [0.2, 0.25) is 6.79 Å². The van der Waals surface area contributed by atoms with Crippen molar-refractivity contribution in [1.82, 2.24) is 5.32 Å². The first-order valence-electron chi connectivity index (χ1n) is 5.25. The van der Waals surface area contributed by atoms with Crippen molar-refractivity contribution < 1.29 is 14.2 Å². The Hall–Kier alpha value is -0.780. The topological polar surface area (TPSA) is 39.7 Å². The molecular formula is C11H12BrNO3. The number of rotatable bonds is 1. The minimum Gasteiger partial charge on any atom is -0.454 e. The molecule has 0 saturated carbocycles. The van der Waals surface area contributed by atoms with E-state index in [1.807, 2.05) is 12.1 Å². The molecular weight excluding hydrogens is 274 g/mol. The number of hydrogen-bond donors (Lipinski definition) is 1. The minimum absolute atomic E-state index is 0.220. The van der Waals surface area contributed by atoms with E-state index >= 15 is 0 Å². The third-order valence-electron chi connectivity index (χ3n) is 2.79. The molecule has 4 nitrogen and oxygen atoms in total. The third-order valence-corrected chi connectivity index (χ3v) is 3.48. The number of ether oxygens (including phenoxy) is 3. The molecule has 2 aliphatic heterocycles. The first kappa shape index (κ1) is 10.4. The lowest BCUT2D eigenvalue weighted by molar-refractivity contribution is 0.0766. The molecule has 1 N–H and O–H groups in total. The second kappa shape index (κ2) is 4.24. The minimum atomic E-state index is 0.220. The second-order valence-corrected chi connectivity index (χ2v) is 4.66. The average Bonchev–Trinajstić information content (AvgIpc) is 2.76. The van der Waals surface area contributed by atoms with Crippen molar-refractivity contribution >= 4 is 15.9 Å². The van der Waals surface area contributed by atoms with E-state index in [1.165, 1.54) is 0 Å². The van der Waals surface area contributed by atoms with Crippen molar-refractivity contribution in [2.24, 2.45) is 0 Å². The summed E-state index contributed by atoms with van der Waals surface area (Å²) in [5, 5.41) is 3.42. The van der Waals surface area contributed by atoms with E-state index in [0.29, 0.717) is 13.4 Å². The van der Waals surface area contributed by atoms with Gasteiger partial charge in [-0.25, -0.2) is 0 Å². The fourth-order valence-electron chi connectivity index (χ4n) is 1.97. The van der Waals surface area contributed by atoms with Crippen LogP contribution in [0.1, 0.15) is 11.6 Å². The van der Waals surface area contributed by atoms with Gasteiger partial charge in [-0.15, -0.1) is 0 Å². The summed E-state index contributed by atoms with van der Waals surface area (Å²) in [5.74, 6) is 1.61. The molecule has 0 radical (unpaired) electrons. The van der Waals surface area contributed by atoms with Crippen molar-refractivity contribution in [2.45, 2.75) is 6.04 Å². The summed E-state index contributed by atoms with van der Waals surface area (Å²) in [7, 11) is 0. The van der Waals surface area contributed by atoms with Gasteiger partial charge in [-0.05, 0) is 17.7 Å². The Bertz CT molecular complexity index is 404. The fourth-order valence-corrected chi connectivity index (χ4v) is 2.56. The Kier molecular flexibility index (Phi) is 2.75. The predicted octanol–water partition coefficient (Wildman–Crippen LogP) is 1.84. The summed E-state index contributed by atoms with van der Waals surface area (Å²) in [4.78, 5) is 0. The van der Waals surface area contributed by atoms with Crippen molar-refractivity contribution in [3.63, 3.8) is 0 Å². The van der Waals surface area contributed by atoms with Crippen LogP contribution in [0.3, 0.4) is 0 Å². The Morgan fingerprint density at radius 3 is 2.81 bits per heavy atom. The molecule has 0 bridgehead atoms. The maximum atomic E-state index is 5.46. The number of morpholine rings is 1. The first-order chi connectivity index (χ1) is 7.84.